The Balaban J connectivity index is 1.74. The van der Waals surface area contributed by atoms with Crippen LogP contribution in [-0.4, -0.2) is 15.7 Å². The minimum Gasteiger partial charge on any atom is -0.471 e. The molecule has 8 heteroatoms. The van der Waals surface area contributed by atoms with Gasteiger partial charge < -0.3 is 9.84 Å². The first-order valence-electron chi connectivity index (χ1n) is 12.0. The SMILES string of the molecule is CC(C)c1nc2c(c(-c3ccc(F)cc3)c1C(F)c1ccc(C(F)(F)F)cc1)[C@@H](O)CC1(CCC1)O2. The van der Waals surface area contributed by atoms with Gasteiger partial charge in [-0.1, -0.05) is 38.1 Å². The smallest absolute Gasteiger partial charge is 0.416 e. The largest absolute Gasteiger partial charge is 0.471 e. The molecule has 2 aromatic carbocycles. The fourth-order valence-corrected chi connectivity index (χ4v) is 5.21. The van der Waals surface area contributed by atoms with Gasteiger partial charge in [-0.05, 0) is 60.6 Å². The van der Waals surface area contributed by atoms with E-state index in [0.717, 1.165) is 43.5 Å². The van der Waals surface area contributed by atoms with Gasteiger partial charge in [0.05, 0.1) is 22.9 Å². The van der Waals surface area contributed by atoms with E-state index >= 15 is 4.39 Å². The van der Waals surface area contributed by atoms with Crippen LogP contribution in [0.5, 0.6) is 5.88 Å². The minimum atomic E-state index is -4.54. The van der Waals surface area contributed by atoms with Gasteiger partial charge in [0.15, 0.2) is 6.17 Å². The van der Waals surface area contributed by atoms with Crippen LogP contribution in [0.3, 0.4) is 0 Å². The Kier molecular flexibility index (Phi) is 6.06. The number of aliphatic hydroxyl groups is 1. The maximum atomic E-state index is 16.4. The third kappa shape index (κ3) is 4.25. The average molecular weight is 504 g/mol. The maximum Gasteiger partial charge on any atom is 0.416 e. The van der Waals surface area contributed by atoms with E-state index in [0.29, 0.717) is 28.8 Å². The van der Waals surface area contributed by atoms with E-state index in [1.165, 1.54) is 24.3 Å². The molecule has 1 spiro atoms. The summed E-state index contributed by atoms with van der Waals surface area (Å²) < 4.78 is 75.7. The van der Waals surface area contributed by atoms with Crippen molar-refractivity contribution in [2.24, 2.45) is 0 Å². The number of ether oxygens (including phenoxy) is 1. The summed E-state index contributed by atoms with van der Waals surface area (Å²) in [5.41, 5.74) is 0.305. The van der Waals surface area contributed by atoms with Crippen molar-refractivity contribution in [3.63, 3.8) is 0 Å². The first kappa shape index (κ1) is 24.7. The molecule has 2 aliphatic rings. The van der Waals surface area contributed by atoms with Gasteiger partial charge in [0.25, 0.3) is 0 Å². The summed E-state index contributed by atoms with van der Waals surface area (Å²) in [6.07, 6.45) is -4.49. The Morgan fingerprint density at radius 3 is 2.19 bits per heavy atom. The van der Waals surface area contributed by atoms with Crippen LogP contribution in [-0.2, 0) is 6.18 Å². The second kappa shape index (κ2) is 8.83. The zero-order chi connectivity index (χ0) is 25.8. The first-order valence-corrected chi connectivity index (χ1v) is 12.0. The standard InChI is InChI=1S/C28H26F5NO2/c1-15(2)25-23(24(30)17-4-8-18(9-5-17)28(31,32)33)21(16-6-10-19(29)11-7-16)22-20(35)14-27(12-3-13-27)36-26(22)34-25/h4-11,15,20,24,35H,3,12-14H2,1-2H3/t20-,24?/m0/s1. The van der Waals surface area contributed by atoms with Gasteiger partial charge in [-0.3, -0.25) is 0 Å². The predicted octanol–water partition coefficient (Wildman–Crippen LogP) is 7.83. The molecule has 2 atom stereocenters. The summed E-state index contributed by atoms with van der Waals surface area (Å²) in [5, 5.41) is 11.2. The number of halogens is 5. The molecule has 0 bridgehead atoms. The van der Waals surface area contributed by atoms with Crippen molar-refractivity contribution in [1.82, 2.24) is 4.98 Å². The first-order chi connectivity index (χ1) is 17.0. The average Bonchev–Trinajstić information content (AvgIpc) is 2.81. The van der Waals surface area contributed by atoms with Gasteiger partial charge in [0.2, 0.25) is 5.88 Å². The van der Waals surface area contributed by atoms with Gasteiger partial charge in [-0.2, -0.15) is 13.2 Å². The number of aliphatic hydroxyl groups excluding tert-OH is 1. The summed E-state index contributed by atoms with van der Waals surface area (Å²) in [6, 6.07) is 9.41. The molecule has 0 saturated heterocycles. The lowest BCUT2D eigenvalue weighted by molar-refractivity contribution is -0.137. The van der Waals surface area contributed by atoms with Crippen LogP contribution >= 0.6 is 0 Å². The number of benzene rings is 2. The molecule has 1 aliphatic carbocycles. The topological polar surface area (TPSA) is 42.4 Å². The molecule has 1 fully saturated rings. The number of pyridine rings is 1. The van der Waals surface area contributed by atoms with Crippen molar-refractivity contribution in [3.05, 3.63) is 82.3 Å². The fraction of sp³-hybridized carbons (Fsp3) is 0.393. The minimum absolute atomic E-state index is 0.0247. The molecular weight excluding hydrogens is 477 g/mol. The molecule has 5 rings (SSSR count). The van der Waals surface area contributed by atoms with Gasteiger partial charge in [0.1, 0.15) is 11.4 Å². The zero-order valence-corrected chi connectivity index (χ0v) is 19.9. The highest BCUT2D eigenvalue weighted by Crippen LogP contribution is 2.53. The molecule has 2 heterocycles. The molecule has 1 saturated carbocycles. The molecule has 0 amide bonds. The van der Waals surface area contributed by atoms with Crippen LogP contribution < -0.4 is 4.74 Å². The monoisotopic (exact) mass is 503 g/mol. The number of fused-ring (bicyclic) bond motifs is 1. The highest BCUT2D eigenvalue weighted by atomic mass is 19.4. The molecule has 1 aliphatic heterocycles. The molecule has 3 nitrogen and oxygen atoms in total. The van der Waals surface area contributed by atoms with E-state index in [1.807, 2.05) is 13.8 Å². The maximum absolute atomic E-state index is 16.4. The van der Waals surface area contributed by atoms with Crippen molar-refractivity contribution >= 4 is 0 Å². The Labute approximate surface area is 206 Å². The summed E-state index contributed by atoms with van der Waals surface area (Å²) >= 11 is 0. The number of aromatic nitrogens is 1. The molecule has 3 aromatic rings. The van der Waals surface area contributed by atoms with Crippen molar-refractivity contribution in [2.45, 2.75) is 69.5 Å². The lowest BCUT2D eigenvalue weighted by Gasteiger charge is -2.47. The second-order valence-corrected chi connectivity index (χ2v) is 10.0. The molecule has 36 heavy (non-hydrogen) atoms. The van der Waals surface area contributed by atoms with E-state index < -0.39 is 35.4 Å². The van der Waals surface area contributed by atoms with E-state index in [2.05, 4.69) is 4.98 Å². The number of hydrogen-bond acceptors (Lipinski definition) is 3. The quantitative estimate of drug-likeness (QED) is 0.369. The molecule has 1 unspecified atom stereocenters. The second-order valence-electron chi connectivity index (χ2n) is 10.0. The van der Waals surface area contributed by atoms with Gasteiger partial charge in [0, 0.05) is 17.5 Å². The van der Waals surface area contributed by atoms with Gasteiger partial charge in [-0.15, -0.1) is 0 Å². The Morgan fingerprint density at radius 2 is 1.67 bits per heavy atom. The van der Waals surface area contributed by atoms with E-state index in [1.54, 1.807) is 0 Å². The van der Waals surface area contributed by atoms with Crippen LogP contribution in [0.4, 0.5) is 22.0 Å². The van der Waals surface area contributed by atoms with Gasteiger partial charge >= 0.3 is 6.18 Å². The third-order valence-electron chi connectivity index (χ3n) is 7.21. The Bertz CT molecular complexity index is 1270. The molecule has 1 aromatic heterocycles. The normalized spacial score (nSPS) is 19.5. The Hall–Kier alpha value is -3.00. The van der Waals surface area contributed by atoms with Crippen molar-refractivity contribution in [2.75, 3.05) is 0 Å². The highest BCUT2D eigenvalue weighted by Gasteiger charge is 2.47. The predicted molar refractivity (Wildman–Crippen MR) is 125 cm³/mol. The van der Waals surface area contributed by atoms with Crippen LogP contribution in [0.15, 0.2) is 48.5 Å². The summed E-state index contributed by atoms with van der Waals surface area (Å²) in [7, 11) is 0. The lowest BCUT2D eigenvalue weighted by Crippen LogP contribution is -2.47. The molecule has 190 valence electrons. The van der Waals surface area contributed by atoms with Crippen LogP contribution in [0.2, 0.25) is 0 Å². The van der Waals surface area contributed by atoms with Crippen LogP contribution in [0.1, 0.15) is 85.7 Å². The fourth-order valence-electron chi connectivity index (χ4n) is 5.21. The van der Waals surface area contributed by atoms with E-state index in [-0.39, 0.29) is 22.9 Å². The van der Waals surface area contributed by atoms with Gasteiger partial charge in [-0.25, -0.2) is 13.8 Å². The number of rotatable bonds is 4. The number of alkyl halides is 4. The lowest BCUT2D eigenvalue weighted by atomic mass is 9.72. The summed E-state index contributed by atoms with van der Waals surface area (Å²) in [4.78, 5) is 4.67. The van der Waals surface area contributed by atoms with Crippen LogP contribution in [0.25, 0.3) is 11.1 Å². The zero-order valence-electron chi connectivity index (χ0n) is 19.9. The molecular formula is C28H26F5NO2. The van der Waals surface area contributed by atoms with E-state index in [9.17, 15) is 22.7 Å². The molecule has 0 radical (unpaired) electrons. The number of nitrogens with zero attached hydrogens (tertiary/aromatic N) is 1. The van der Waals surface area contributed by atoms with Crippen molar-refractivity contribution < 1.29 is 31.8 Å². The Morgan fingerprint density at radius 1 is 1.03 bits per heavy atom. The molecule has 1 N–H and O–H groups in total. The highest BCUT2D eigenvalue weighted by molar-refractivity contribution is 5.76. The van der Waals surface area contributed by atoms with E-state index in [4.69, 9.17) is 4.74 Å². The summed E-state index contributed by atoms with van der Waals surface area (Å²) in [5.74, 6) is -0.505. The summed E-state index contributed by atoms with van der Waals surface area (Å²) in [6.45, 7) is 3.68. The number of hydrogen-bond donors (Lipinski definition) is 1. The third-order valence-corrected chi connectivity index (χ3v) is 7.21. The van der Waals surface area contributed by atoms with Crippen LogP contribution in [0, 0.1) is 5.82 Å². The van der Waals surface area contributed by atoms with Crippen molar-refractivity contribution in [3.8, 4) is 17.0 Å². The van der Waals surface area contributed by atoms with Crippen molar-refractivity contribution in [1.29, 1.82) is 0 Å².